The molecule has 0 bridgehead atoms. The van der Waals surface area contributed by atoms with Crippen LogP contribution in [0, 0.1) is 19.7 Å². The average Bonchev–Trinajstić information content (AvgIpc) is 3.42. The predicted octanol–water partition coefficient (Wildman–Crippen LogP) is 4.94. The van der Waals surface area contributed by atoms with E-state index in [2.05, 4.69) is 47.7 Å². The summed E-state index contributed by atoms with van der Waals surface area (Å²) < 4.78 is 16.6. The number of hydrogen-bond donors (Lipinski definition) is 1. The van der Waals surface area contributed by atoms with Gasteiger partial charge in [-0.3, -0.25) is 4.79 Å². The van der Waals surface area contributed by atoms with Crippen LogP contribution in [0.25, 0.3) is 11.0 Å². The Morgan fingerprint density at radius 3 is 2.61 bits per heavy atom. The van der Waals surface area contributed by atoms with Crippen LogP contribution in [-0.4, -0.2) is 46.5 Å². The average molecular weight is 451 g/mol. The molecule has 176 valence electrons. The lowest BCUT2D eigenvalue weighted by Gasteiger charge is -2.22. The Labute approximate surface area is 196 Å². The second-order valence-corrected chi connectivity index (χ2v) is 9.24. The van der Waals surface area contributed by atoms with E-state index in [4.69, 9.17) is 4.98 Å². The van der Waals surface area contributed by atoms with Gasteiger partial charge >= 0.3 is 0 Å². The Bertz CT molecular complexity index is 1120. The maximum Gasteiger partial charge on any atom is 0.243 e. The highest BCUT2D eigenvalue weighted by Gasteiger charge is 2.26. The van der Waals surface area contributed by atoms with E-state index < -0.39 is 0 Å². The van der Waals surface area contributed by atoms with Crippen LogP contribution >= 0.6 is 0 Å². The second kappa shape index (κ2) is 10.5. The number of carbonyl (C=O) groups is 1. The minimum atomic E-state index is -0.373. The van der Waals surface area contributed by atoms with Crippen molar-refractivity contribution in [1.82, 2.24) is 19.8 Å². The van der Waals surface area contributed by atoms with Crippen molar-refractivity contribution in [3.05, 3.63) is 64.7 Å². The van der Waals surface area contributed by atoms with Gasteiger partial charge in [0.15, 0.2) is 0 Å². The molecular formula is C27H35FN4O. The fourth-order valence-electron chi connectivity index (χ4n) is 4.80. The summed E-state index contributed by atoms with van der Waals surface area (Å²) in [6.45, 7) is 10.0. The highest BCUT2D eigenvalue weighted by atomic mass is 19.1. The van der Waals surface area contributed by atoms with Crippen molar-refractivity contribution < 1.29 is 9.18 Å². The molecule has 33 heavy (non-hydrogen) atoms. The summed E-state index contributed by atoms with van der Waals surface area (Å²) in [4.78, 5) is 20.7. The zero-order chi connectivity index (χ0) is 23.4. The summed E-state index contributed by atoms with van der Waals surface area (Å²) in [5, 5.41) is 3.17. The number of rotatable bonds is 9. The van der Waals surface area contributed by atoms with E-state index >= 15 is 0 Å². The van der Waals surface area contributed by atoms with E-state index in [1.165, 1.54) is 18.9 Å². The summed E-state index contributed by atoms with van der Waals surface area (Å²) in [6.07, 6.45) is 4.41. The summed E-state index contributed by atoms with van der Waals surface area (Å²) in [5.41, 5.74) is 4.71. The molecule has 1 aromatic heterocycles. The van der Waals surface area contributed by atoms with E-state index in [-0.39, 0.29) is 17.8 Å². The van der Waals surface area contributed by atoms with E-state index in [0.29, 0.717) is 24.9 Å². The molecule has 0 spiro atoms. The second-order valence-electron chi connectivity index (χ2n) is 9.24. The van der Waals surface area contributed by atoms with Crippen molar-refractivity contribution in [3.8, 4) is 0 Å². The van der Waals surface area contributed by atoms with Crippen molar-refractivity contribution >= 4 is 16.9 Å². The summed E-state index contributed by atoms with van der Waals surface area (Å²) in [5.74, 6) is 0.502. The van der Waals surface area contributed by atoms with Gasteiger partial charge in [0.25, 0.3) is 0 Å². The number of nitrogens with zero attached hydrogens (tertiary/aromatic N) is 3. The summed E-state index contributed by atoms with van der Waals surface area (Å²) in [7, 11) is 0. The normalized spacial score (nSPS) is 15.3. The molecule has 5 nitrogen and oxygen atoms in total. The summed E-state index contributed by atoms with van der Waals surface area (Å²) >= 11 is 0. The number of likely N-dealkylation sites (tertiary alicyclic amines) is 1. The van der Waals surface area contributed by atoms with E-state index in [1.807, 2.05) is 6.07 Å². The number of halogens is 1. The molecule has 2 aromatic carbocycles. The third kappa shape index (κ3) is 5.27. The Morgan fingerprint density at radius 2 is 1.88 bits per heavy atom. The molecule has 3 aromatic rings. The molecule has 0 saturated carbocycles. The molecule has 1 aliphatic rings. The first kappa shape index (κ1) is 23.4. The molecule has 4 rings (SSSR count). The van der Waals surface area contributed by atoms with Crippen molar-refractivity contribution in [2.45, 2.75) is 58.9 Å². The molecule has 0 aliphatic carbocycles. The van der Waals surface area contributed by atoms with E-state index in [9.17, 15) is 9.18 Å². The van der Waals surface area contributed by atoms with E-state index in [0.717, 1.165) is 54.0 Å². The van der Waals surface area contributed by atoms with Crippen LogP contribution in [-0.2, 0) is 11.2 Å². The molecule has 1 fully saturated rings. The first-order valence-corrected chi connectivity index (χ1v) is 12.2. The van der Waals surface area contributed by atoms with Crippen molar-refractivity contribution in [1.29, 1.82) is 0 Å². The van der Waals surface area contributed by atoms with Crippen LogP contribution in [0.3, 0.4) is 0 Å². The molecule has 1 N–H and O–H groups in total. The lowest BCUT2D eigenvalue weighted by Crippen LogP contribution is -2.38. The molecular weight excluding hydrogens is 415 g/mol. The molecule has 1 saturated heterocycles. The Morgan fingerprint density at radius 1 is 1.15 bits per heavy atom. The highest BCUT2D eigenvalue weighted by molar-refractivity contribution is 5.85. The molecule has 1 unspecified atom stereocenters. The minimum Gasteiger partial charge on any atom is -0.353 e. The molecule has 1 aliphatic heterocycles. The van der Waals surface area contributed by atoms with Crippen molar-refractivity contribution in [2.75, 3.05) is 26.2 Å². The highest BCUT2D eigenvalue weighted by Crippen LogP contribution is 2.29. The smallest absolute Gasteiger partial charge is 0.243 e. The quantitative estimate of drug-likeness (QED) is 0.503. The Kier molecular flexibility index (Phi) is 7.43. The fourth-order valence-corrected chi connectivity index (χ4v) is 4.80. The van der Waals surface area contributed by atoms with Crippen molar-refractivity contribution in [3.63, 3.8) is 0 Å². The first-order chi connectivity index (χ1) is 16.0. The monoisotopic (exact) mass is 450 g/mol. The van der Waals surface area contributed by atoms with Gasteiger partial charge in [0, 0.05) is 19.5 Å². The number of fused-ring (bicyclic) bond motifs is 1. The number of aryl methyl sites for hydroxylation is 2. The Hall–Kier alpha value is -2.73. The van der Waals surface area contributed by atoms with Crippen LogP contribution < -0.4 is 5.32 Å². The van der Waals surface area contributed by atoms with Crippen LogP contribution in [0.5, 0.6) is 0 Å². The third-order valence-electron chi connectivity index (χ3n) is 6.79. The molecule has 1 amide bonds. The number of carbonyl (C=O) groups excluding carboxylic acids is 1. The maximum absolute atomic E-state index is 14.5. The van der Waals surface area contributed by atoms with Gasteiger partial charge < -0.3 is 14.8 Å². The van der Waals surface area contributed by atoms with E-state index in [1.54, 1.807) is 12.1 Å². The largest absolute Gasteiger partial charge is 0.353 e. The summed E-state index contributed by atoms with van der Waals surface area (Å²) in [6, 6.07) is 10.6. The van der Waals surface area contributed by atoms with Gasteiger partial charge in [-0.15, -0.1) is 0 Å². The number of aromatic nitrogens is 2. The van der Waals surface area contributed by atoms with Gasteiger partial charge in [-0.05, 0) is 81.1 Å². The zero-order valence-corrected chi connectivity index (χ0v) is 20.0. The molecule has 1 atom stereocenters. The van der Waals surface area contributed by atoms with Gasteiger partial charge in [-0.25, -0.2) is 9.37 Å². The number of amides is 1. The van der Waals surface area contributed by atoms with Gasteiger partial charge in [-0.2, -0.15) is 0 Å². The third-order valence-corrected chi connectivity index (χ3v) is 6.79. The lowest BCUT2D eigenvalue weighted by atomic mass is 10.1. The lowest BCUT2D eigenvalue weighted by molar-refractivity contribution is -0.124. The van der Waals surface area contributed by atoms with Gasteiger partial charge in [-0.1, -0.05) is 31.5 Å². The Balaban J connectivity index is 1.68. The van der Waals surface area contributed by atoms with Crippen LogP contribution in [0.4, 0.5) is 4.39 Å². The SMILES string of the molecule is CCCC(C(=O)NCCN1CCCC1)n1c(Cc2ccccc2F)nc2cc(C)c(C)cc21. The number of hydrogen-bond acceptors (Lipinski definition) is 3. The van der Waals surface area contributed by atoms with Gasteiger partial charge in [0.05, 0.1) is 11.0 Å². The zero-order valence-electron chi connectivity index (χ0n) is 20.0. The maximum atomic E-state index is 14.5. The predicted molar refractivity (Wildman–Crippen MR) is 131 cm³/mol. The van der Waals surface area contributed by atoms with Gasteiger partial charge in [0.2, 0.25) is 5.91 Å². The molecule has 0 radical (unpaired) electrons. The molecule has 6 heteroatoms. The fraction of sp³-hybridized carbons (Fsp3) is 0.481. The number of benzene rings is 2. The van der Waals surface area contributed by atoms with Crippen molar-refractivity contribution in [2.24, 2.45) is 0 Å². The number of nitrogens with one attached hydrogen (secondary N) is 1. The topological polar surface area (TPSA) is 50.2 Å². The number of imidazole rings is 1. The first-order valence-electron chi connectivity index (χ1n) is 12.2. The van der Waals surface area contributed by atoms with Gasteiger partial charge in [0.1, 0.15) is 17.7 Å². The molecule has 2 heterocycles. The van der Waals surface area contributed by atoms with Crippen LogP contribution in [0.2, 0.25) is 0 Å². The van der Waals surface area contributed by atoms with Crippen LogP contribution in [0.15, 0.2) is 36.4 Å². The standard InChI is InChI=1S/C27H35FN4O/c1-4-9-24(27(33)29-12-15-31-13-7-8-14-31)32-25-17-20(3)19(2)16-23(25)30-26(32)18-21-10-5-6-11-22(21)28/h5-6,10-11,16-17,24H,4,7-9,12-15,18H2,1-3H3,(H,29,33). The van der Waals surface area contributed by atoms with Crippen LogP contribution in [0.1, 0.15) is 61.2 Å². The minimum absolute atomic E-state index is 0.0170.